The van der Waals surface area contributed by atoms with Gasteiger partial charge < -0.3 is 4.57 Å². The van der Waals surface area contributed by atoms with Crippen LogP contribution in [0.3, 0.4) is 0 Å². The Morgan fingerprint density at radius 1 is 0.609 bits per heavy atom. The van der Waals surface area contributed by atoms with Crippen molar-refractivity contribution in [2.24, 2.45) is 0 Å². The fourth-order valence-corrected chi connectivity index (χ4v) is 11.4. The van der Waals surface area contributed by atoms with E-state index in [1.165, 1.54) is 15.8 Å². The molecule has 0 aliphatic heterocycles. The Morgan fingerprint density at radius 3 is 1.96 bits per heavy atom. The van der Waals surface area contributed by atoms with Gasteiger partial charge in [0.15, 0.2) is 0 Å². The van der Waals surface area contributed by atoms with Crippen LogP contribution in [0.25, 0.3) is 33.3 Å². The van der Waals surface area contributed by atoms with Crippen LogP contribution in [0.2, 0.25) is 0 Å². The predicted molar refractivity (Wildman–Crippen MR) is 186 cm³/mol. The third kappa shape index (κ3) is 4.79. The Labute approximate surface area is 284 Å². The maximum Gasteiger partial charge on any atom is 2.00 e. The zero-order valence-corrected chi connectivity index (χ0v) is 28.7. The molecule has 0 N–H and O–H groups in total. The first-order valence-electron chi connectivity index (χ1n) is 15.2. The number of para-hydroxylation sites is 1. The van der Waals surface area contributed by atoms with E-state index in [4.69, 9.17) is 10.1 Å². The van der Waals surface area contributed by atoms with Crippen LogP contribution in [0, 0.1) is 26.0 Å². The number of rotatable bonds is 6. The van der Waals surface area contributed by atoms with Gasteiger partial charge in [-0.25, -0.2) is 4.98 Å². The molecule has 0 aliphatic rings. The molecule has 5 aromatic carbocycles. The molecule has 0 radical (unpaired) electrons. The van der Waals surface area contributed by atoms with Gasteiger partial charge in [0.25, 0.3) is 0 Å². The minimum atomic E-state index is -2.95. The smallest absolute Gasteiger partial charge is 0.319 e. The minimum absolute atomic E-state index is 0. The maximum absolute atomic E-state index is 4.82. The van der Waals surface area contributed by atoms with E-state index in [-0.39, 0.29) is 21.1 Å². The van der Waals surface area contributed by atoms with E-state index in [0.717, 1.165) is 49.7 Å². The summed E-state index contributed by atoms with van der Waals surface area (Å²) in [6, 6.07) is 57.6. The van der Waals surface area contributed by atoms with Crippen LogP contribution in [0.1, 0.15) is 11.4 Å². The molecule has 0 unspecified atom stereocenters. The van der Waals surface area contributed by atoms with Crippen molar-refractivity contribution < 1.29 is 21.1 Å². The van der Waals surface area contributed by atoms with Gasteiger partial charge >= 0.3 is 21.1 Å². The van der Waals surface area contributed by atoms with Crippen LogP contribution >= 0.6 is 0 Å². The van der Waals surface area contributed by atoms with Crippen LogP contribution in [-0.2, 0) is 21.1 Å². The van der Waals surface area contributed by atoms with E-state index in [9.17, 15) is 0 Å². The molecule has 224 valence electrons. The topological polar surface area (TPSA) is 35.6 Å². The fourth-order valence-electron chi connectivity index (χ4n) is 6.82. The molecule has 3 heterocycles. The molecule has 3 aromatic heterocycles. The molecule has 46 heavy (non-hydrogen) atoms. The zero-order chi connectivity index (χ0) is 30.4. The SMILES string of the molecule is Cc1cc(C)n(-c2[c-]c([Si](c3[c-]c4c(cc3)c3ccccc3n4-c3ccccn3)(c3ccccc3)c3ccccc3)ccc2)n1.[Pt+2]. The van der Waals surface area contributed by atoms with Gasteiger partial charge in [-0.1, -0.05) is 90.4 Å². The largest absolute Gasteiger partial charge is 2.00 e. The van der Waals surface area contributed by atoms with Crippen molar-refractivity contribution in [3.05, 3.63) is 169 Å². The maximum atomic E-state index is 4.82. The molecule has 0 saturated carbocycles. The van der Waals surface area contributed by atoms with Crippen LogP contribution in [0.5, 0.6) is 0 Å². The van der Waals surface area contributed by atoms with E-state index in [2.05, 4.69) is 151 Å². The zero-order valence-electron chi connectivity index (χ0n) is 25.5. The summed E-state index contributed by atoms with van der Waals surface area (Å²) in [6.07, 6.45) is 1.85. The fraction of sp³-hybridized carbons (Fsp3) is 0.0500. The van der Waals surface area contributed by atoms with Crippen molar-refractivity contribution in [3.63, 3.8) is 0 Å². The standard InChI is InChI=1S/C40H30N4Si.Pt/c1-29-26-30(2)44(42-29)31-14-13-19-34(27-31)45(32-15-5-3-6-16-32,33-17-7-4-8-18-33)35-23-24-37-36-20-9-10-21-38(36)43(39(37)28-35)40-22-11-12-25-41-40;/h3-26H,1-2H3;/q-2;+2. The monoisotopic (exact) mass is 789 g/mol. The molecule has 0 atom stereocenters. The molecule has 0 bridgehead atoms. The van der Waals surface area contributed by atoms with Crippen LogP contribution < -0.4 is 20.7 Å². The number of hydrogen-bond acceptors (Lipinski definition) is 2. The number of nitrogens with zero attached hydrogens (tertiary/aromatic N) is 4. The van der Waals surface area contributed by atoms with E-state index in [1.54, 1.807) is 0 Å². The minimum Gasteiger partial charge on any atom is -0.319 e. The second-order valence-corrected chi connectivity index (χ2v) is 15.2. The normalized spacial score (nSPS) is 11.5. The van der Waals surface area contributed by atoms with Crippen LogP contribution in [-0.4, -0.2) is 27.4 Å². The number of fused-ring (bicyclic) bond motifs is 3. The van der Waals surface area contributed by atoms with Crippen molar-refractivity contribution in [2.75, 3.05) is 0 Å². The van der Waals surface area contributed by atoms with Gasteiger partial charge in [-0.15, -0.1) is 11.5 Å². The van der Waals surface area contributed by atoms with Gasteiger partial charge in [0.1, 0.15) is 13.9 Å². The van der Waals surface area contributed by atoms with Crippen LogP contribution in [0.4, 0.5) is 0 Å². The Morgan fingerprint density at radius 2 is 1.28 bits per heavy atom. The van der Waals surface area contributed by atoms with Crippen LogP contribution in [0.15, 0.2) is 146 Å². The van der Waals surface area contributed by atoms with E-state index in [0.29, 0.717) is 0 Å². The van der Waals surface area contributed by atoms with Gasteiger partial charge in [0, 0.05) is 17.4 Å². The van der Waals surface area contributed by atoms with Crippen molar-refractivity contribution in [1.29, 1.82) is 0 Å². The summed E-state index contributed by atoms with van der Waals surface area (Å²) in [5, 5.41) is 12.0. The summed E-state index contributed by atoms with van der Waals surface area (Å²) in [5.74, 6) is 0.877. The van der Waals surface area contributed by atoms with Gasteiger partial charge in [0.2, 0.25) is 0 Å². The number of aromatic nitrogens is 4. The van der Waals surface area contributed by atoms with Crippen molar-refractivity contribution in [2.45, 2.75) is 13.8 Å². The molecular formula is C40H30N4PtSi. The average Bonchev–Trinajstić information content (AvgIpc) is 3.62. The Balaban J connectivity index is 0.00000338. The molecule has 0 amide bonds. The van der Waals surface area contributed by atoms with Gasteiger partial charge in [-0.3, -0.25) is 4.68 Å². The third-order valence-corrected chi connectivity index (χ3v) is 13.3. The summed E-state index contributed by atoms with van der Waals surface area (Å²) in [5.41, 5.74) is 5.14. The summed E-state index contributed by atoms with van der Waals surface area (Å²) < 4.78 is 4.25. The first-order chi connectivity index (χ1) is 22.1. The Kier molecular flexibility index (Phi) is 7.89. The first kappa shape index (κ1) is 29.9. The Bertz CT molecular complexity index is 2250. The summed E-state index contributed by atoms with van der Waals surface area (Å²) >= 11 is 0. The molecule has 4 nitrogen and oxygen atoms in total. The molecule has 8 rings (SSSR count). The molecule has 0 aliphatic carbocycles. The molecule has 8 aromatic rings. The number of pyridine rings is 1. The predicted octanol–water partition coefficient (Wildman–Crippen LogP) is 5.96. The summed E-state index contributed by atoms with van der Waals surface area (Å²) in [6.45, 7) is 4.13. The summed E-state index contributed by atoms with van der Waals surface area (Å²) in [7, 11) is -2.95. The van der Waals surface area contributed by atoms with Gasteiger partial charge in [-0.05, 0) is 59.6 Å². The van der Waals surface area contributed by atoms with Crippen molar-refractivity contribution in [1.82, 2.24) is 19.3 Å². The summed E-state index contributed by atoms with van der Waals surface area (Å²) in [4.78, 5) is 4.78. The molecule has 6 heteroatoms. The number of benzene rings is 5. The van der Waals surface area contributed by atoms with Gasteiger partial charge in [0.05, 0.1) is 5.69 Å². The third-order valence-electron chi connectivity index (χ3n) is 8.70. The first-order valence-corrected chi connectivity index (χ1v) is 17.2. The van der Waals surface area contributed by atoms with Crippen molar-refractivity contribution >= 4 is 50.6 Å². The second kappa shape index (κ2) is 12.2. The van der Waals surface area contributed by atoms with E-state index in [1.807, 2.05) is 29.9 Å². The number of hydrogen-bond donors (Lipinski definition) is 0. The van der Waals surface area contributed by atoms with E-state index < -0.39 is 8.07 Å². The molecule has 0 fully saturated rings. The second-order valence-electron chi connectivity index (χ2n) is 11.4. The average molecular weight is 790 g/mol. The Hall–Kier alpha value is -4.83. The quantitative estimate of drug-likeness (QED) is 0.119. The molecule has 0 spiro atoms. The van der Waals surface area contributed by atoms with E-state index >= 15 is 0 Å². The van der Waals surface area contributed by atoms with Crippen molar-refractivity contribution in [3.8, 4) is 11.5 Å². The molecular weight excluding hydrogens is 760 g/mol. The molecule has 0 saturated heterocycles. The van der Waals surface area contributed by atoms with Gasteiger partial charge in [-0.2, -0.15) is 51.9 Å². The number of aryl methyl sites for hydroxylation is 2.